The SMILES string of the molecule is COc1ccc(/C=C/C(=O)Nc2nnc(CCCOc3ccccc3)s2)cc1OC. The Bertz CT molecular complexity index is 989. The number of hydrogen-bond acceptors (Lipinski definition) is 7. The molecule has 2 aromatic carbocycles. The maximum atomic E-state index is 12.2. The number of aryl methyl sites for hydroxylation is 1. The van der Waals surface area contributed by atoms with E-state index in [0.29, 0.717) is 23.2 Å². The first-order valence-electron chi connectivity index (χ1n) is 9.39. The molecular formula is C22H23N3O4S. The molecule has 0 aliphatic rings. The number of carbonyl (C=O) groups excluding carboxylic acids is 1. The average Bonchev–Trinajstić information content (AvgIpc) is 3.22. The fraction of sp³-hybridized carbons (Fsp3) is 0.227. The minimum Gasteiger partial charge on any atom is -0.494 e. The molecule has 1 aromatic heterocycles. The van der Waals surface area contributed by atoms with E-state index in [4.69, 9.17) is 14.2 Å². The van der Waals surface area contributed by atoms with Crippen molar-refractivity contribution in [1.29, 1.82) is 0 Å². The molecule has 0 radical (unpaired) electrons. The van der Waals surface area contributed by atoms with Crippen LogP contribution in [0, 0.1) is 0 Å². The highest BCUT2D eigenvalue weighted by atomic mass is 32.1. The summed E-state index contributed by atoms with van der Waals surface area (Å²) in [7, 11) is 3.15. The van der Waals surface area contributed by atoms with Gasteiger partial charge in [-0.3, -0.25) is 10.1 Å². The Kier molecular flexibility index (Phi) is 7.79. The van der Waals surface area contributed by atoms with Gasteiger partial charge in [-0.15, -0.1) is 10.2 Å². The van der Waals surface area contributed by atoms with E-state index in [1.807, 2.05) is 36.4 Å². The summed E-state index contributed by atoms with van der Waals surface area (Å²) in [6.45, 7) is 0.597. The Labute approximate surface area is 179 Å². The summed E-state index contributed by atoms with van der Waals surface area (Å²) in [4.78, 5) is 12.2. The van der Waals surface area contributed by atoms with Gasteiger partial charge in [0, 0.05) is 12.5 Å². The first-order chi connectivity index (χ1) is 14.7. The van der Waals surface area contributed by atoms with Crippen LogP contribution in [0.2, 0.25) is 0 Å². The zero-order chi connectivity index (χ0) is 21.2. The van der Waals surface area contributed by atoms with Crippen molar-refractivity contribution >= 4 is 28.5 Å². The summed E-state index contributed by atoms with van der Waals surface area (Å²) in [5.74, 6) is 1.81. The summed E-state index contributed by atoms with van der Waals surface area (Å²) in [6, 6.07) is 15.1. The molecule has 0 saturated carbocycles. The van der Waals surface area contributed by atoms with E-state index in [-0.39, 0.29) is 5.91 Å². The van der Waals surface area contributed by atoms with Crippen molar-refractivity contribution in [3.63, 3.8) is 0 Å². The number of ether oxygens (including phenoxy) is 3. The van der Waals surface area contributed by atoms with E-state index >= 15 is 0 Å². The Morgan fingerprint density at radius 2 is 1.87 bits per heavy atom. The van der Waals surface area contributed by atoms with Crippen LogP contribution >= 0.6 is 11.3 Å². The number of rotatable bonds is 10. The second-order valence-electron chi connectivity index (χ2n) is 6.20. The zero-order valence-corrected chi connectivity index (χ0v) is 17.6. The van der Waals surface area contributed by atoms with E-state index < -0.39 is 0 Å². The second-order valence-corrected chi connectivity index (χ2v) is 7.27. The smallest absolute Gasteiger partial charge is 0.250 e. The van der Waals surface area contributed by atoms with Crippen molar-refractivity contribution in [3.8, 4) is 17.2 Å². The summed E-state index contributed by atoms with van der Waals surface area (Å²) < 4.78 is 16.1. The molecule has 8 heteroatoms. The lowest BCUT2D eigenvalue weighted by Gasteiger charge is -2.07. The highest BCUT2D eigenvalue weighted by Gasteiger charge is 2.07. The summed E-state index contributed by atoms with van der Waals surface area (Å²) in [6.07, 6.45) is 4.69. The number of nitrogens with zero attached hydrogens (tertiary/aromatic N) is 2. The minimum absolute atomic E-state index is 0.278. The Morgan fingerprint density at radius 3 is 2.63 bits per heavy atom. The number of para-hydroxylation sites is 1. The minimum atomic E-state index is -0.278. The molecule has 7 nitrogen and oxygen atoms in total. The number of methoxy groups -OCH3 is 2. The van der Waals surface area contributed by atoms with Crippen LogP contribution in [0.5, 0.6) is 17.2 Å². The Morgan fingerprint density at radius 1 is 1.07 bits per heavy atom. The van der Waals surface area contributed by atoms with E-state index in [2.05, 4.69) is 15.5 Å². The third kappa shape index (κ3) is 6.31. The van der Waals surface area contributed by atoms with Gasteiger partial charge in [0.15, 0.2) is 11.5 Å². The van der Waals surface area contributed by atoms with Gasteiger partial charge < -0.3 is 14.2 Å². The molecule has 0 saturated heterocycles. The van der Waals surface area contributed by atoms with Gasteiger partial charge in [0.1, 0.15) is 10.8 Å². The zero-order valence-electron chi connectivity index (χ0n) is 16.8. The third-order valence-electron chi connectivity index (χ3n) is 4.08. The quantitative estimate of drug-likeness (QED) is 0.387. The van der Waals surface area contributed by atoms with E-state index in [1.54, 1.807) is 32.4 Å². The third-order valence-corrected chi connectivity index (χ3v) is 4.98. The van der Waals surface area contributed by atoms with Crippen molar-refractivity contribution < 1.29 is 19.0 Å². The van der Waals surface area contributed by atoms with Gasteiger partial charge in [-0.05, 0) is 42.3 Å². The second kappa shape index (κ2) is 11.0. The van der Waals surface area contributed by atoms with Crippen LogP contribution < -0.4 is 19.5 Å². The number of amides is 1. The molecule has 0 bridgehead atoms. The van der Waals surface area contributed by atoms with E-state index in [1.165, 1.54) is 17.4 Å². The average molecular weight is 426 g/mol. The highest BCUT2D eigenvalue weighted by Crippen LogP contribution is 2.28. The van der Waals surface area contributed by atoms with Crippen LogP contribution in [0.4, 0.5) is 5.13 Å². The molecule has 0 atom stereocenters. The van der Waals surface area contributed by atoms with Crippen LogP contribution in [0.15, 0.2) is 54.6 Å². The van der Waals surface area contributed by atoms with Crippen LogP contribution in [0.1, 0.15) is 17.0 Å². The fourth-order valence-electron chi connectivity index (χ4n) is 2.61. The van der Waals surface area contributed by atoms with Crippen molar-refractivity contribution in [2.24, 2.45) is 0 Å². The number of aromatic nitrogens is 2. The number of hydrogen-bond donors (Lipinski definition) is 1. The van der Waals surface area contributed by atoms with Gasteiger partial charge in [-0.25, -0.2) is 0 Å². The van der Waals surface area contributed by atoms with Gasteiger partial charge in [-0.1, -0.05) is 35.6 Å². The maximum Gasteiger partial charge on any atom is 0.250 e. The normalized spacial score (nSPS) is 10.7. The Hall–Kier alpha value is -3.39. The predicted molar refractivity (Wildman–Crippen MR) is 117 cm³/mol. The molecule has 0 aliphatic heterocycles. The topological polar surface area (TPSA) is 82.6 Å². The van der Waals surface area contributed by atoms with Crippen molar-refractivity contribution in [1.82, 2.24) is 10.2 Å². The number of benzene rings is 2. The molecule has 0 fully saturated rings. The molecular weight excluding hydrogens is 402 g/mol. The van der Waals surface area contributed by atoms with Crippen LogP contribution in [0.3, 0.4) is 0 Å². The van der Waals surface area contributed by atoms with E-state index in [0.717, 1.165) is 29.2 Å². The van der Waals surface area contributed by atoms with Gasteiger partial charge in [0.25, 0.3) is 0 Å². The molecule has 0 aliphatic carbocycles. The fourth-order valence-corrected chi connectivity index (χ4v) is 3.40. The molecule has 1 amide bonds. The van der Waals surface area contributed by atoms with Crippen molar-refractivity contribution in [2.45, 2.75) is 12.8 Å². The molecule has 3 aromatic rings. The first-order valence-corrected chi connectivity index (χ1v) is 10.2. The maximum absolute atomic E-state index is 12.2. The first kappa shape index (κ1) is 21.3. The standard InChI is InChI=1S/C22H23N3O4S/c1-27-18-12-10-16(15-19(18)28-2)11-13-20(26)23-22-25-24-21(30-22)9-6-14-29-17-7-4-3-5-8-17/h3-5,7-8,10-13,15H,6,9,14H2,1-2H3,(H,23,25,26)/b13-11+. The van der Waals surface area contributed by atoms with Crippen LogP contribution in [0.25, 0.3) is 6.08 Å². The molecule has 30 heavy (non-hydrogen) atoms. The molecule has 0 unspecified atom stereocenters. The number of nitrogens with one attached hydrogen (secondary N) is 1. The lowest BCUT2D eigenvalue weighted by molar-refractivity contribution is -0.111. The van der Waals surface area contributed by atoms with Crippen LogP contribution in [-0.4, -0.2) is 36.9 Å². The molecule has 3 rings (SSSR count). The lowest BCUT2D eigenvalue weighted by atomic mass is 10.2. The van der Waals surface area contributed by atoms with E-state index in [9.17, 15) is 4.79 Å². The van der Waals surface area contributed by atoms with Gasteiger partial charge in [0.05, 0.1) is 20.8 Å². The Balaban J connectivity index is 1.45. The van der Waals surface area contributed by atoms with Gasteiger partial charge in [-0.2, -0.15) is 0 Å². The van der Waals surface area contributed by atoms with Crippen molar-refractivity contribution in [3.05, 3.63) is 65.2 Å². The summed E-state index contributed by atoms with van der Waals surface area (Å²) in [5, 5.41) is 12.2. The molecule has 0 spiro atoms. The van der Waals surface area contributed by atoms with Crippen molar-refractivity contribution in [2.75, 3.05) is 26.1 Å². The molecule has 1 N–H and O–H groups in total. The van der Waals surface area contributed by atoms with Gasteiger partial charge >= 0.3 is 0 Å². The number of anilines is 1. The molecule has 156 valence electrons. The predicted octanol–water partition coefficient (Wildman–Crippen LogP) is 4.22. The highest BCUT2D eigenvalue weighted by molar-refractivity contribution is 7.15. The van der Waals surface area contributed by atoms with Crippen LogP contribution in [-0.2, 0) is 11.2 Å². The summed E-state index contributed by atoms with van der Waals surface area (Å²) >= 11 is 1.36. The largest absolute Gasteiger partial charge is 0.494 e. The molecule has 1 heterocycles. The lowest BCUT2D eigenvalue weighted by Crippen LogP contribution is -2.07. The number of carbonyl (C=O) groups is 1. The van der Waals surface area contributed by atoms with Gasteiger partial charge in [0.2, 0.25) is 11.0 Å². The summed E-state index contributed by atoms with van der Waals surface area (Å²) in [5.41, 5.74) is 0.819. The monoisotopic (exact) mass is 425 g/mol.